The van der Waals surface area contributed by atoms with E-state index in [1.54, 1.807) is 12.1 Å². The quantitative estimate of drug-likeness (QED) is 0.790. The number of rotatable bonds is 6. The normalized spacial score (nSPS) is 16.4. The number of hydrogen-bond donors (Lipinski definition) is 2. The lowest BCUT2D eigenvalue weighted by molar-refractivity contribution is 0.495. The van der Waals surface area contributed by atoms with E-state index in [-0.39, 0.29) is 9.88 Å². The van der Waals surface area contributed by atoms with Gasteiger partial charge in [0.15, 0.2) is 0 Å². The predicted molar refractivity (Wildman–Crippen MR) is 84.1 cm³/mol. The molecule has 110 valence electrons. The fourth-order valence-electron chi connectivity index (χ4n) is 2.58. The van der Waals surface area contributed by atoms with Crippen LogP contribution < -0.4 is 10.5 Å². The lowest BCUT2D eigenvalue weighted by atomic mass is 10.1. The Balaban J connectivity index is 1.93. The fourth-order valence-corrected chi connectivity index (χ4v) is 3.76. The zero-order chi connectivity index (χ0) is 14.6. The summed E-state index contributed by atoms with van der Waals surface area (Å²) in [6.45, 7) is 0.504. The summed E-state index contributed by atoms with van der Waals surface area (Å²) in [7, 11) is -3.43. The van der Waals surface area contributed by atoms with Crippen molar-refractivity contribution in [2.24, 2.45) is 11.7 Å². The third-order valence-electron chi connectivity index (χ3n) is 3.77. The van der Waals surface area contributed by atoms with Crippen LogP contribution in [0.5, 0.6) is 0 Å². The lowest BCUT2D eigenvalue weighted by Gasteiger charge is -2.10. The molecule has 20 heavy (non-hydrogen) atoms. The summed E-state index contributed by atoms with van der Waals surface area (Å²) in [4.78, 5) is 0.520. The Hall–Kier alpha value is -0.980. The van der Waals surface area contributed by atoms with Gasteiger partial charge in [-0.15, -0.1) is 0 Å². The van der Waals surface area contributed by atoms with Gasteiger partial charge in [-0.1, -0.05) is 50.0 Å². The molecule has 6 heteroatoms. The second-order valence-electron chi connectivity index (χ2n) is 5.23. The first-order valence-corrected chi connectivity index (χ1v) is 8.78. The molecule has 1 saturated carbocycles. The molecule has 0 spiro atoms. The van der Waals surface area contributed by atoms with Crippen molar-refractivity contribution in [1.29, 1.82) is 0 Å². The Labute approximate surface area is 125 Å². The molecule has 0 atom stereocenters. The Morgan fingerprint density at radius 2 is 1.85 bits per heavy atom. The van der Waals surface area contributed by atoms with Crippen molar-refractivity contribution >= 4 is 27.2 Å². The molecule has 3 N–H and O–H groups in total. The first kappa shape index (κ1) is 15.4. The van der Waals surface area contributed by atoms with Gasteiger partial charge in [-0.3, -0.25) is 0 Å². The number of hydrogen-bond acceptors (Lipinski definition) is 3. The average molecular weight is 312 g/mol. The number of sulfonamides is 1. The Morgan fingerprint density at radius 1 is 1.25 bits per heavy atom. The summed E-state index contributed by atoms with van der Waals surface area (Å²) < 4.78 is 26.9. The highest BCUT2D eigenvalue weighted by Crippen LogP contribution is 2.27. The second kappa shape index (κ2) is 6.65. The van der Waals surface area contributed by atoms with E-state index in [9.17, 15) is 8.42 Å². The van der Waals surface area contributed by atoms with E-state index in [0.29, 0.717) is 18.0 Å². The van der Waals surface area contributed by atoms with Gasteiger partial charge in [-0.05, 0) is 24.5 Å². The van der Waals surface area contributed by atoms with Gasteiger partial charge in [-0.2, -0.15) is 0 Å². The van der Waals surface area contributed by atoms with Gasteiger partial charge in [0.05, 0.1) is 4.90 Å². The minimum absolute atomic E-state index is 0.254. The molecule has 0 saturated heterocycles. The summed E-state index contributed by atoms with van der Waals surface area (Å²) in [5.74, 6) is 0.676. The zero-order valence-corrected chi connectivity index (χ0v) is 13.0. The van der Waals surface area contributed by atoms with Gasteiger partial charge in [0.2, 0.25) is 10.0 Å². The molecule has 1 fully saturated rings. The van der Waals surface area contributed by atoms with Crippen LogP contribution in [0.25, 0.3) is 0 Å². The summed E-state index contributed by atoms with van der Waals surface area (Å²) in [5.41, 5.74) is 6.16. The summed E-state index contributed by atoms with van der Waals surface area (Å²) in [5, 5.41) is 0. The van der Waals surface area contributed by atoms with Gasteiger partial charge >= 0.3 is 0 Å². The van der Waals surface area contributed by atoms with Crippen molar-refractivity contribution in [1.82, 2.24) is 4.72 Å². The van der Waals surface area contributed by atoms with E-state index in [4.69, 9.17) is 18.0 Å². The highest BCUT2D eigenvalue weighted by Gasteiger charge is 2.17. The molecule has 1 aliphatic carbocycles. The minimum Gasteiger partial charge on any atom is -0.389 e. The average Bonchev–Trinajstić information content (AvgIpc) is 2.92. The molecular weight excluding hydrogens is 292 g/mol. The standard InChI is InChI=1S/C14H20N2O2S2/c15-14(19)12-5-7-13(8-6-12)20(17,18)16-10-9-11-3-1-2-4-11/h5-8,11,16H,1-4,9-10H2,(H2,15,19). The number of nitrogens with one attached hydrogen (secondary N) is 1. The maximum atomic E-state index is 12.1. The van der Waals surface area contributed by atoms with Crippen LogP contribution in [0, 0.1) is 5.92 Å². The summed E-state index contributed by atoms with van der Waals surface area (Å²) >= 11 is 4.84. The molecular formula is C14H20N2O2S2. The maximum Gasteiger partial charge on any atom is 0.240 e. The molecule has 2 rings (SSSR count). The monoisotopic (exact) mass is 312 g/mol. The molecule has 4 nitrogen and oxygen atoms in total. The van der Waals surface area contributed by atoms with Crippen molar-refractivity contribution in [2.45, 2.75) is 37.0 Å². The van der Waals surface area contributed by atoms with Crippen LogP contribution in [0.4, 0.5) is 0 Å². The number of thiocarbonyl (C=S) groups is 1. The van der Waals surface area contributed by atoms with Gasteiger partial charge in [-0.25, -0.2) is 13.1 Å². The van der Waals surface area contributed by atoms with Crippen molar-refractivity contribution in [3.8, 4) is 0 Å². The van der Waals surface area contributed by atoms with Crippen molar-refractivity contribution in [3.05, 3.63) is 29.8 Å². The molecule has 1 aromatic rings. The molecule has 0 heterocycles. The zero-order valence-electron chi connectivity index (χ0n) is 11.3. The highest BCUT2D eigenvalue weighted by molar-refractivity contribution is 7.89. The second-order valence-corrected chi connectivity index (χ2v) is 7.43. The largest absolute Gasteiger partial charge is 0.389 e. The molecule has 0 aromatic heterocycles. The van der Waals surface area contributed by atoms with E-state index >= 15 is 0 Å². The minimum atomic E-state index is -3.43. The highest BCUT2D eigenvalue weighted by atomic mass is 32.2. The van der Waals surface area contributed by atoms with Crippen molar-refractivity contribution in [2.75, 3.05) is 6.54 Å². The van der Waals surface area contributed by atoms with Crippen LogP contribution >= 0.6 is 12.2 Å². The van der Waals surface area contributed by atoms with Crippen LogP contribution in [-0.2, 0) is 10.0 Å². The van der Waals surface area contributed by atoms with Crippen LogP contribution in [0.3, 0.4) is 0 Å². The molecule has 1 aromatic carbocycles. The van der Waals surface area contributed by atoms with E-state index in [1.807, 2.05) is 0 Å². The molecule has 0 bridgehead atoms. The lowest BCUT2D eigenvalue weighted by Crippen LogP contribution is -2.26. The number of benzene rings is 1. The Morgan fingerprint density at radius 3 is 2.40 bits per heavy atom. The van der Waals surface area contributed by atoms with Gasteiger partial charge in [0.1, 0.15) is 4.99 Å². The van der Waals surface area contributed by atoms with E-state index < -0.39 is 10.0 Å². The van der Waals surface area contributed by atoms with E-state index in [2.05, 4.69) is 4.72 Å². The van der Waals surface area contributed by atoms with E-state index in [0.717, 1.165) is 6.42 Å². The molecule has 0 amide bonds. The van der Waals surface area contributed by atoms with Crippen molar-refractivity contribution < 1.29 is 8.42 Å². The van der Waals surface area contributed by atoms with E-state index in [1.165, 1.54) is 37.8 Å². The third kappa shape index (κ3) is 4.01. The topological polar surface area (TPSA) is 72.2 Å². The van der Waals surface area contributed by atoms with Crippen LogP contribution in [0.2, 0.25) is 0 Å². The predicted octanol–water partition coefficient (Wildman–Crippen LogP) is 2.18. The van der Waals surface area contributed by atoms with Crippen LogP contribution in [0.15, 0.2) is 29.2 Å². The smallest absolute Gasteiger partial charge is 0.240 e. The molecule has 0 unspecified atom stereocenters. The van der Waals surface area contributed by atoms with Crippen LogP contribution in [0.1, 0.15) is 37.7 Å². The van der Waals surface area contributed by atoms with Gasteiger partial charge in [0.25, 0.3) is 0 Å². The molecule has 0 radical (unpaired) electrons. The fraction of sp³-hybridized carbons (Fsp3) is 0.500. The maximum absolute atomic E-state index is 12.1. The molecule has 0 aliphatic heterocycles. The Bertz CT molecular complexity index is 561. The third-order valence-corrected chi connectivity index (χ3v) is 5.48. The Kier molecular flexibility index (Phi) is 5.12. The molecule has 1 aliphatic rings. The van der Waals surface area contributed by atoms with Crippen LogP contribution in [-0.4, -0.2) is 20.0 Å². The SMILES string of the molecule is NC(=S)c1ccc(S(=O)(=O)NCCC2CCCC2)cc1. The van der Waals surface area contributed by atoms with Gasteiger partial charge in [0, 0.05) is 12.1 Å². The number of nitrogens with two attached hydrogens (primary N) is 1. The van der Waals surface area contributed by atoms with Gasteiger partial charge < -0.3 is 5.73 Å². The summed E-state index contributed by atoms with van der Waals surface area (Å²) in [6.07, 6.45) is 5.93. The first-order valence-electron chi connectivity index (χ1n) is 6.88. The van der Waals surface area contributed by atoms with Crippen molar-refractivity contribution in [3.63, 3.8) is 0 Å². The first-order chi connectivity index (χ1) is 9.49. The summed E-state index contributed by atoms with van der Waals surface area (Å²) in [6, 6.07) is 6.33.